The van der Waals surface area contributed by atoms with Gasteiger partial charge in [0.05, 0.1) is 25.9 Å². The van der Waals surface area contributed by atoms with Crippen LogP contribution in [0.1, 0.15) is 21.7 Å². The van der Waals surface area contributed by atoms with Gasteiger partial charge in [-0.15, -0.1) is 0 Å². The van der Waals surface area contributed by atoms with Crippen LogP contribution in [0.15, 0.2) is 40.8 Å². The normalized spacial score (nSPS) is 11.7. The van der Waals surface area contributed by atoms with E-state index in [9.17, 15) is 30.2 Å². The number of hydrogen-bond acceptors (Lipinski definition) is 7. The van der Waals surface area contributed by atoms with Gasteiger partial charge in [0, 0.05) is 5.56 Å². The lowest BCUT2D eigenvalue weighted by Gasteiger charge is -2.28. The minimum atomic E-state index is -1.50. The summed E-state index contributed by atoms with van der Waals surface area (Å²) < 4.78 is 5.00. The predicted molar refractivity (Wildman–Crippen MR) is 92.2 cm³/mol. The molecular weight excluding hydrogens is 344 g/mol. The van der Waals surface area contributed by atoms with Crippen LogP contribution in [0.2, 0.25) is 0 Å². The largest absolute Gasteiger partial charge is 0.433 e. The molecule has 138 valence electrons. The highest BCUT2D eigenvalue weighted by Crippen LogP contribution is 2.18. The molecule has 0 atom stereocenters. The Balaban J connectivity index is 2.06. The molecule has 0 aliphatic rings. The number of nitrogens with one attached hydrogen (secondary N) is 1. The number of carbonyl (C=O) groups is 1. The summed E-state index contributed by atoms with van der Waals surface area (Å²) in [5.41, 5.74) is -0.502. The first-order chi connectivity index (χ1) is 12.4. The minimum Gasteiger partial charge on any atom is -0.401 e. The highest BCUT2D eigenvalue weighted by molar-refractivity contribution is 5.95. The number of aliphatic hydroxyl groups excluding tert-OH is 3. The van der Waals surface area contributed by atoms with E-state index in [0.717, 1.165) is 5.56 Å². The van der Waals surface area contributed by atoms with Gasteiger partial charge in [-0.3, -0.25) is 14.9 Å². The van der Waals surface area contributed by atoms with E-state index in [0.29, 0.717) is 5.76 Å². The van der Waals surface area contributed by atoms with E-state index >= 15 is 0 Å². The van der Waals surface area contributed by atoms with Gasteiger partial charge in [0.15, 0.2) is 0 Å². The molecule has 0 spiro atoms. The van der Waals surface area contributed by atoms with Gasteiger partial charge in [-0.05, 0) is 29.8 Å². The Hall–Kier alpha value is -3.01. The number of carbonyl (C=O) groups excluding carboxylic acids is 1. The van der Waals surface area contributed by atoms with Crippen molar-refractivity contribution < 1.29 is 29.5 Å². The van der Waals surface area contributed by atoms with E-state index < -0.39 is 36.2 Å². The van der Waals surface area contributed by atoms with Gasteiger partial charge in [0.2, 0.25) is 0 Å². The van der Waals surface area contributed by atoms with Crippen molar-refractivity contribution in [3.05, 3.63) is 63.4 Å². The molecule has 0 fully saturated rings. The van der Waals surface area contributed by atoms with Crippen LogP contribution in [0.25, 0.3) is 12.2 Å². The first-order valence-corrected chi connectivity index (χ1v) is 7.60. The summed E-state index contributed by atoms with van der Waals surface area (Å²) >= 11 is 0. The summed E-state index contributed by atoms with van der Waals surface area (Å²) in [7, 11) is 0. The van der Waals surface area contributed by atoms with Crippen LogP contribution in [0.3, 0.4) is 0 Å². The Kier molecular flexibility index (Phi) is 6.23. The van der Waals surface area contributed by atoms with Crippen molar-refractivity contribution in [2.75, 3.05) is 19.8 Å². The van der Waals surface area contributed by atoms with E-state index in [-0.39, 0.29) is 11.4 Å². The summed E-state index contributed by atoms with van der Waals surface area (Å²) in [6.07, 6.45) is 3.21. The third-order valence-corrected chi connectivity index (χ3v) is 3.69. The summed E-state index contributed by atoms with van der Waals surface area (Å²) in [5.74, 6) is -0.590. The zero-order chi connectivity index (χ0) is 19.2. The van der Waals surface area contributed by atoms with Crippen LogP contribution in [0, 0.1) is 10.1 Å². The Morgan fingerprint density at radius 3 is 2.19 bits per heavy atom. The highest BCUT2D eigenvalue weighted by atomic mass is 16.6. The van der Waals surface area contributed by atoms with Crippen LogP contribution >= 0.6 is 0 Å². The Morgan fingerprint density at radius 2 is 1.69 bits per heavy atom. The maximum Gasteiger partial charge on any atom is 0.433 e. The molecule has 0 saturated carbocycles. The fourth-order valence-electron chi connectivity index (χ4n) is 2.04. The van der Waals surface area contributed by atoms with Crippen molar-refractivity contribution in [2.24, 2.45) is 0 Å². The molecular formula is C17H18N2O7. The third kappa shape index (κ3) is 4.54. The highest BCUT2D eigenvalue weighted by Gasteiger charge is 2.30. The molecule has 26 heavy (non-hydrogen) atoms. The van der Waals surface area contributed by atoms with Gasteiger partial charge < -0.3 is 25.1 Å². The van der Waals surface area contributed by atoms with Gasteiger partial charge in [-0.2, -0.15) is 0 Å². The average Bonchev–Trinajstić information content (AvgIpc) is 3.14. The molecule has 0 saturated heterocycles. The molecule has 1 heterocycles. The molecule has 0 bridgehead atoms. The number of benzene rings is 1. The molecule has 9 heteroatoms. The van der Waals surface area contributed by atoms with E-state index in [1.165, 1.54) is 24.3 Å². The van der Waals surface area contributed by atoms with Crippen molar-refractivity contribution in [3.8, 4) is 0 Å². The zero-order valence-corrected chi connectivity index (χ0v) is 13.7. The molecule has 1 aromatic carbocycles. The molecule has 4 N–H and O–H groups in total. The van der Waals surface area contributed by atoms with Crippen molar-refractivity contribution in [3.63, 3.8) is 0 Å². The van der Waals surface area contributed by atoms with E-state index in [2.05, 4.69) is 5.32 Å². The van der Waals surface area contributed by atoms with Crippen LogP contribution in [0.5, 0.6) is 0 Å². The fraction of sp³-hybridized carbons (Fsp3) is 0.235. The Labute approximate surface area is 148 Å². The monoisotopic (exact) mass is 362 g/mol. The molecule has 1 aromatic heterocycles. The van der Waals surface area contributed by atoms with Crippen LogP contribution in [-0.4, -0.2) is 51.5 Å². The summed E-state index contributed by atoms with van der Waals surface area (Å²) in [4.78, 5) is 22.1. The van der Waals surface area contributed by atoms with E-state index in [1.807, 2.05) is 0 Å². The second-order valence-corrected chi connectivity index (χ2v) is 5.60. The number of amides is 1. The number of hydrogen-bond donors (Lipinski definition) is 4. The van der Waals surface area contributed by atoms with E-state index in [4.69, 9.17) is 4.42 Å². The van der Waals surface area contributed by atoms with Crippen molar-refractivity contribution in [2.45, 2.75) is 5.54 Å². The topological polar surface area (TPSA) is 146 Å². The number of rotatable bonds is 8. The van der Waals surface area contributed by atoms with Crippen molar-refractivity contribution in [1.82, 2.24) is 5.32 Å². The third-order valence-electron chi connectivity index (χ3n) is 3.69. The number of nitro groups is 1. The average molecular weight is 362 g/mol. The molecule has 0 aliphatic carbocycles. The van der Waals surface area contributed by atoms with Crippen LogP contribution in [-0.2, 0) is 0 Å². The lowest BCUT2D eigenvalue weighted by atomic mass is 10.0. The summed E-state index contributed by atoms with van der Waals surface area (Å²) in [6, 6.07) is 9.05. The molecule has 0 radical (unpaired) electrons. The lowest BCUT2D eigenvalue weighted by Crippen LogP contribution is -2.57. The van der Waals surface area contributed by atoms with Crippen LogP contribution < -0.4 is 5.32 Å². The first-order valence-electron chi connectivity index (χ1n) is 7.60. The minimum absolute atomic E-state index is 0.274. The molecule has 2 aromatic rings. The van der Waals surface area contributed by atoms with Gasteiger partial charge in [-0.1, -0.05) is 18.2 Å². The quantitative estimate of drug-likeness (QED) is 0.401. The molecule has 0 unspecified atom stereocenters. The fourth-order valence-corrected chi connectivity index (χ4v) is 2.04. The van der Waals surface area contributed by atoms with Crippen molar-refractivity contribution >= 4 is 23.9 Å². The summed E-state index contributed by atoms with van der Waals surface area (Å²) in [6.45, 7) is -1.83. The van der Waals surface area contributed by atoms with Crippen molar-refractivity contribution in [1.29, 1.82) is 0 Å². The standard InChI is InChI=1S/C17H18N2O7/c20-9-17(10-21,11-22)18-16(23)13-4-1-12(2-5-13)3-6-14-7-8-15(26-14)19(24)25/h1-8,20-22H,9-11H2,(H,18,23). The Morgan fingerprint density at radius 1 is 1.08 bits per heavy atom. The predicted octanol–water partition coefficient (Wildman–Crippen LogP) is 0.804. The van der Waals surface area contributed by atoms with Gasteiger partial charge in [-0.25, -0.2) is 0 Å². The second-order valence-electron chi connectivity index (χ2n) is 5.60. The zero-order valence-electron chi connectivity index (χ0n) is 13.7. The van der Waals surface area contributed by atoms with Gasteiger partial charge in [0.25, 0.3) is 5.91 Å². The smallest absolute Gasteiger partial charge is 0.401 e. The van der Waals surface area contributed by atoms with Gasteiger partial charge >= 0.3 is 5.88 Å². The maximum atomic E-state index is 12.2. The first kappa shape index (κ1) is 19.3. The second kappa shape index (κ2) is 8.39. The Bertz CT molecular complexity index is 783. The lowest BCUT2D eigenvalue weighted by molar-refractivity contribution is -0.402. The van der Waals surface area contributed by atoms with Crippen LogP contribution in [0.4, 0.5) is 5.88 Å². The molecule has 2 rings (SSSR count). The van der Waals surface area contributed by atoms with Gasteiger partial charge in [0.1, 0.15) is 16.2 Å². The van der Waals surface area contributed by atoms with E-state index in [1.54, 1.807) is 24.3 Å². The number of furan rings is 1. The maximum absolute atomic E-state index is 12.2. The number of nitrogens with zero attached hydrogens (tertiary/aromatic N) is 1. The molecule has 9 nitrogen and oxygen atoms in total. The SMILES string of the molecule is O=C(NC(CO)(CO)CO)c1ccc(C=Cc2ccc([N+](=O)[O-])o2)cc1. The number of aliphatic hydroxyl groups is 3. The molecule has 0 aliphatic heterocycles. The molecule has 1 amide bonds. The summed E-state index contributed by atoms with van der Waals surface area (Å²) in [5, 5.41) is 40.7.